The van der Waals surface area contributed by atoms with Crippen LogP contribution < -0.4 is 15.0 Å². The molecule has 204 valence electrons. The van der Waals surface area contributed by atoms with Crippen LogP contribution in [0.2, 0.25) is 0 Å². The van der Waals surface area contributed by atoms with Crippen molar-refractivity contribution >= 4 is 51.7 Å². The molecule has 0 aromatic heterocycles. The van der Waals surface area contributed by atoms with Crippen molar-refractivity contribution in [2.75, 3.05) is 44.1 Å². The average molecular weight is 572 g/mol. The molecule has 2 heterocycles. The third-order valence-electron chi connectivity index (χ3n) is 6.31. The highest BCUT2D eigenvalue weighted by atomic mass is 32.2. The molecule has 0 bridgehead atoms. The zero-order valence-corrected chi connectivity index (χ0v) is 24.1. The Balaban J connectivity index is 1.53. The Kier molecular flexibility index (Phi) is 8.65. The summed E-state index contributed by atoms with van der Waals surface area (Å²) in [4.78, 5) is 24.3. The van der Waals surface area contributed by atoms with Gasteiger partial charge in [-0.1, -0.05) is 42.1 Å². The van der Waals surface area contributed by atoms with Gasteiger partial charge in [0.25, 0.3) is 5.91 Å². The lowest BCUT2D eigenvalue weighted by Gasteiger charge is -2.17. The number of amides is 1. The summed E-state index contributed by atoms with van der Waals surface area (Å²) in [5.41, 5.74) is 3.95. The maximum absolute atomic E-state index is 14.0. The summed E-state index contributed by atoms with van der Waals surface area (Å²) >= 11 is 2.91. The van der Waals surface area contributed by atoms with E-state index >= 15 is 0 Å². The van der Waals surface area contributed by atoms with Crippen molar-refractivity contribution in [3.63, 3.8) is 0 Å². The summed E-state index contributed by atoms with van der Waals surface area (Å²) < 4.78 is 10.9. The summed E-state index contributed by atoms with van der Waals surface area (Å²) in [6, 6.07) is 23.4. The maximum atomic E-state index is 14.0. The molecular weight excluding hydrogens is 542 g/mol. The third-order valence-corrected chi connectivity index (χ3v) is 8.73. The van der Waals surface area contributed by atoms with E-state index in [1.807, 2.05) is 73.5 Å². The van der Waals surface area contributed by atoms with E-state index in [4.69, 9.17) is 14.5 Å². The van der Waals surface area contributed by atoms with Crippen LogP contribution in [0.15, 0.2) is 86.6 Å². The smallest absolute Gasteiger partial charge is 0.269 e. The molecule has 2 aliphatic rings. The number of methoxy groups -OCH3 is 1. The number of ether oxygens (including phenoxy) is 2. The van der Waals surface area contributed by atoms with Gasteiger partial charge in [-0.2, -0.15) is 5.26 Å². The van der Waals surface area contributed by atoms with Crippen molar-refractivity contribution in [3.05, 3.63) is 87.8 Å². The summed E-state index contributed by atoms with van der Waals surface area (Å²) in [7, 11) is 3.61. The van der Waals surface area contributed by atoms with Crippen LogP contribution in [0.5, 0.6) is 5.75 Å². The Labute approximate surface area is 242 Å². The fourth-order valence-electron chi connectivity index (χ4n) is 4.33. The molecule has 1 saturated heterocycles. The third kappa shape index (κ3) is 5.82. The van der Waals surface area contributed by atoms with Gasteiger partial charge >= 0.3 is 0 Å². The van der Waals surface area contributed by atoms with Crippen LogP contribution in [0.4, 0.5) is 17.1 Å². The number of carbonyl (C=O) groups excluding carboxylic acids is 1. The fraction of sp³-hybridized carbons (Fsp3) is 0.233. The van der Waals surface area contributed by atoms with Gasteiger partial charge in [0.15, 0.2) is 5.17 Å². The minimum absolute atomic E-state index is 0.104. The standard InChI is InChI=1S/C30H29N5O3S2/c1-4-32-23-12-10-21(18-31)16-24(23)33-30-35(19-20-8-6-5-7-9-20)28(36)27(40-30)29-34(2)25-13-11-22(17-26(25)39-29)38-15-14-37-3/h5-13,16-17,32H,4,14-15,19H2,1-3H3/b29-27-,33-30?. The molecule has 0 radical (unpaired) electrons. The van der Waals surface area contributed by atoms with E-state index in [0.29, 0.717) is 47.6 Å². The molecule has 1 fully saturated rings. The summed E-state index contributed by atoms with van der Waals surface area (Å²) in [5.74, 6) is 0.655. The van der Waals surface area contributed by atoms with Crippen LogP contribution in [0.1, 0.15) is 18.1 Å². The lowest BCUT2D eigenvalue weighted by Crippen LogP contribution is -2.29. The lowest BCUT2D eigenvalue weighted by molar-refractivity contribution is -0.122. The predicted octanol–water partition coefficient (Wildman–Crippen LogP) is 6.19. The van der Waals surface area contributed by atoms with Crippen LogP contribution in [0.3, 0.4) is 0 Å². The van der Waals surface area contributed by atoms with E-state index in [9.17, 15) is 10.1 Å². The Hall–Kier alpha value is -3.91. The molecular formula is C30H29N5O3S2. The topological polar surface area (TPSA) is 90.2 Å². The van der Waals surface area contributed by atoms with Crippen molar-refractivity contribution in [3.8, 4) is 11.8 Å². The number of hydrogen-bond donors (Lipinski definition) is 1. The number of nitriles is 1. The van der Waals surface area contributed by atoms with E-state index in [1.165, 1.54) is 11.8 Å². The van der Waals surface area contributed by atoms with Crippen LogP contribution in [0, 0.1) is 11.3 Å². The Morgan fingerprint density at radius 3 is 2.62 bits per heavy atom. The number of nitrogens with zero attached hydrogens (tertiary/aromatic N) is 4. The zero-order chi connectivity index (χ0) is 28.1. The number of thioether (sulfide) groups is 2. The van der Waals surface area contributed by atoms with Gasteiger partial charge in [0, 0.05) is 25.6 Å². The summed E-state index contributed by atoms with van der Waals surface area (Å²) in [6.45, 7) is 4.07. The number of benzene rings is 3. The van der Waals surface area contributed by atoms with Gasteiger partial charge in [0.05, 0.1) is 46.9 Å². The highest BCUT2D eigenvalue weighted by Crippen LogP contribution is 2.51. The van der Waals surface area contributed by atoms with Crippen molar-refractivity contribution in [2.24, 2.45) is 4.99 Å². The normalized spacial score (nSPS) is 17.4. The quantitative estimate of drug-likeness (QED) is 0.240. The van der Waals surface area contributed by atoms with Crippen molar-refractivity contribution in [1.82, 2.24) is 4.90 Å². The van der Waals surface area contributed by atoms with Crippen molar-refractivity contribution < 1.29 is 14.3 Å². The molecule has 2 aliphatic heterocycles. The summed E-state index contributed by atoms with van der Waals surface area (Å²) in [5, 5.41) is 14.2. The fourth-order valence-corrected chi connectivity index (χ4v) is 6.69. The molecule has 0 spiro atoms. The first-order valence-electron chi connectivity index (χ1n) is 12.8. The second-order valence-electron chi connectivity index (χ2n) is 9.01. The van der Waals surface area contributed by atoms with Gasteiger partial charge in [-0.15, -0.1) is 0 Å². The monoisotopic (exact) mass is 571 g/mol. The van der Waals surface area contributed by atoms with E-state index in [0.717, 1.165) is 32.6 Å². The molecule has 3 aromatic rings. The van der Waals surface area contributed by atoms with Gasteiger partial charge in [-0.3, -0.25) is 9.69 Å². The largest absolute Gasteiger partial charge is 0.491 e. The van der Waals surface area contributed by atoms with Gasteiger partial charge < -0.3 is 19.7 Å². The first-order chi connectivity index (χ1) is 19.5. The maximum Gasteiger partial charge on any atom is 0.269 e. The minimum atomic E-state index is -0.104. The number of rotatable bonds is 9. The molecule has 8 nitrogen and oxygen atoms in total. The Bertz CT molecular complexity index is 1520. The van der Waals surface area contributed by atoms with E-state index in [1.54, 1.807) is 35.9 Å². The molecule has 0 aliphatic carbocycles. The SMILES string of the molecule is CCNc1ccc(C#N)cc1N=C1S/C(=C2\Sc3cc(OCCOC)ccc3N2C)C(=O)N1Cc1ccccc1. The molecule has 1 N–H and O–H groups in total. The minimum Gasteiger partial charge on any atom is -0.491 e. The lowest BCUT2D eigenvalue weighted by atomic mass is 10.2. The first kappa shape index (κ1) is 27.6. The van der Waals surface area contributed by atoms with Crippen molar-refractivity contribution in [2.45, 2.75) is 18.4 Å². The number of amidine groups is 1. The number of anilines is 2. The number of carbonyl (C=O) groups is 1. The molecule has 3 aromatic carbocycles. The molecule has 0 unspecified atom stereocenters. The molecule has 0 atom stereocenters. The Morgan fingerprint density at radius 2 is 1.88 bits per heavy atom. The first-order valence-corrected chi connectivity index (χ1v) is 14.5. The second kappa shape index (κ2) is 12.5. The number of hydrogen-bond acceptors (Lipinski definition) is 9. The van der Waals surface area contributed by atoms with Crippen LogP contribution in [0.25, 0.3) is 0 Å². The Morgan fingerprint density at radius 1 is 1.05 bits per heavy atom. The molecule has 0 saturated carbocycles. The van der Waals surface area contributed by atoms with Gasteiger partial charge in [0.2, 0.25) is 0 Å². The highest BCUT2D eigenvalue weighted by Gasteiger charge is 2.39. The van der Waals surface area contributed by atoms with Gasteiger partial charge in [-0.05, 0) is 60.6 Å². The van der Waals surface area contributed by atoms with E-state index in [2.05, 4.69) is 11.4 Å². The summed E-state index contributed by atoms with van der Waals surface area (Å²) in [6.07, 6.45) is 0. The van der Waals surface area contributed by atoms with Crippen LogP contribution >= 0.6 is 23.5 Å². The van der Waals surface area contributed by atoms with Crippen LogP contribution in [-0.4, -0.2) is 49.9 Å². The molecule has 1 amide bonds. The van der Waals surface area contributed by atoms with E-state index < -0.39 is 0 Å². The number of fused-ring (bicyclic) bond motifs is 1. The van der Waals surface area contributed by atoms with E-state index in [-0.39, 0.29) is 5.91 Å². The molecule has 5 rings (SSSR count). The van der Waals surface area contributed by atoms with Gasteiger partial charge in [0.1, 0.15) is 17.3 Å². The number of aliphatic imine (C=N–C) groups is 1. The predicted molar refractivity (Wildman–Crippen MR) is 162 cm³/mol. The second-order valence-corrected chi connectivity index (χ2v) is 11.0. The van der Waals surface area contributed by atoms with Crippen LogP contribution in [-0.2, 0) is 16.1 Å². The highest BCUT2D eigenvalue weighted by molar-refractivity contribution is 8.19. The average Bonchev–Trinajstić information content (AvgIpc) is 3.45. The zero-order valence-electron chi connectivity index (χ0n) is 22.5. The van der Waals surface area contributed by atoms with Crippen molar-refractivity contribution in [1.29, 1.82) is 5.26 Å². The van der Waals surface area contributed by atoms with Gasteiger partial charge in [-0.25, -0.2) is 4.99 Å². The number of nitrogens with one attached hydrogen (secondary N) is 1. The molecule has 10 heteroatoms. The molecule has 40 heavy (non-hydrogen) atoms.